The zero-order valence-electron chi connectivity index (χ0n) is 17.0. The smallest absolute Gasteiger partial charge is 0.232 e. The van der Waals surface area contributed by atoms with E-state index in [1.54, 1.807) is 17.4 Å². The number of benzene rings is 2. The van der Waals surface area contributed by atoms with Crippen LogP contribution in [-0.4, -0.2) is 17.4 Å². The van der Waals surface area contributed by atoms with E-state index >= 15 is 0 Å². The van der Waals surface area contributed by atoms with Gasteiger partial charge in [0.25, 0.3) is 0 Å². The average molecular weight is 472 g/mol. The molecule has 2 aromatic carbocycles. The summed E-state index contributed by atoms with van der Waals surface area (Å²) in [7, 11) is 0. The first-order chi connectivity index (χ1) is 14.9. The Morgan fingerprint density at radius 1 is 1.16 bits per heavy atom. The quantitative estimate of drug-likeness (QED) is 0.401. The lowest BCUT2D eigenvalue weighted by Gasteiger charge is -2.30. The zero-order chi connectivity index (χ0) is 21.7. The minimum atomic E-state index is -0.0824. The van der Waals surface area contributed by atoms with Crippen molar-refractivity contribution in [3.8, 4) is 11.5 Å². The average Bonchev–Trinajstić information content (AvgIpc) is 3.28. The van der Waals surface area contributed by atoms with Gasteiger partial charge in [0.05, 0.1) is 11.1 Å². The lowest BCUT2D eigenvalue weighted by Crippen LogP contribution is -2.32. The van der Waals surface area contributed by atoms with Crippen molar-refractivity contribution in [3.05, 3.63) is 84.2 Å². The normalized spacial score (nSPS) is 16.8. The molecule has 31 heavy (non-hydrogen) atoms. The highest BCUT2D eigenvalue weighted by Crippen LogP contribution is 2.44. The Labute approximate surface area is 194 Å². The Morgan fingerprint density at radius 3 is 2.74 bits per heavy atom. The Morgan fingerprint density at radius 2 is 2.00 bits per heavy atom. The van der Waals surface area contributed by atoms with E-state index in [2.05, 4.69) is 4.90 Å². The number of fused-ring (bicyclic) bond motifs is 3. The molecule has 0 saturated heterocycles. The number of allylic oxidation sites excluding steroid dienone is 1. The van der Waals surface area contributed by atoms with Crippen molar-refractivity contribution in [2.24, 2.45) is 0 Å². The Hall–Kier alpha value is -2.31. The number of halogens is 2. The molecule has 0 N–H and O–H groups in total. The fourth-order valence-corrected chi connectivity index (χ4v) is 5.24. The second-order valence-electron chi connectivity index (χ2n) is 7.78. The van der Waals surface area contributed by atoms with Gasteiger partial charge in [0.15, 0.2) is 5.76 Å². The molecule has 158 valence electrons. The van der Waals surface area contributed by atoms with Crippen LogP contribution in [0.3, 0.4) is 0 Å². The summed E-state index contributed by atoms with van der Waals surface area (Å²) in [5.74, 6) is 1.64. The lowest BCUT2D eigenvalue weighted by molar-refractivity contribution is 0.0872. The van der Waals surface area contributed by atoms with Gasteiger partial charge in [-0.3, -0.25) is 9.69 Å². The minimum absolute atomic E-state index is 0.0824. The molecular weight excluding hydrogens is 453 g/mol. The third-order valence-electron chi connectivity index (χ3n) is 5.56. The number of ether oxygens (including phenoxy) is 2. The first-order valence-corrected chi connectivity index (χ1v) is 11.5. The van der Waals surface area contributed by atoms with Gasteiger partial charge in [-0.15, -0.1) is 11.3 Å². The fraction of sp³-hybridized carbons (Fsp3) is 0.208. The second-order valence-corrected chi connectivity index (χ2v) is 9.57. The first kappa shape index (κ1) is 20.6. The molecule has 0 bridgehead atoms. The van der Waals surface area contributed by atoms with Gasteiger partial charge in [0.1, 0.15) is 18.2 Å². The highest BCUT2D eigenvalue weighted by molar-refractivity contribution is 7.11. The Bertz CT molecular complexity index is 1250. The molecule has 0 saturated carbocycles. The summed E-state index contributed by atoms with van der Waals surface area (Å²) in [5.41, 5.74) is 4.45. The molecule has 0 spiro atoms. The van der Waals surface area contributed by atoms with Gasteiger partial charge in [0.2, 0.25) is 5.78 Å². The minimum Gasteiger partial charge on any atom is -0.478 e. The van der Waals surface area contributed by atoms with Crippen molar-refractivity contribution in [3.63, 3.8) is 0 Å². The van der Waals surface area contributed by atoms with E-state index in [0.717, 1.165) is 32.9 Å². The Kier molecular flexibility index (Phi) is 5.30. The van der Waals surface area contributed by atoms with Crippen molar-refractivity contribution in [2.45, 2.75) is 26.9 Å². The molecule has 3 aromatic rings. The van der Waals surface area contributed by atoms with Crippen LogP contribution in [-0.2, 0) is 13.1 Å². The summed E-state index contributed by atoms with van der Waals surface area (Å²) < 4.78 is 12.2. The topological polar surface area (TPSA) is 38.8 Å². The number of hydrogen-bond acceptors (Lipinski definition) is 5. The van der Waals surface area contributed by atoms with E-state index in [-0.39, 0.29) is 5.78 Å². The number of rotatable bonds is 3. The van der Waals surface area contributed by atoms with Crippen LogP contribution in [0.4, 0.5) is 0 Å². The van der Waals surface area contributed by atoms with Gasteiger partial charge in [-0.05, 0) is 60.2 Å². The van der Waals surface area contributed by atoms with Gasteiger partial charge >= 0.3 is 0 Å². The number of thiophene rings is 1. The number of carbonyl (C=O) groups is 1. The van der Waals surface area contributed by atoms with Crippen LogP contribution in [0.5, 0.6) is 11.5 Å². The standard InChI is InChI=1S/C24H19Cl2NO3S/c1-13-5-6-31-21(13)9-20-23(28)22-14(2)7-19-17(24(22)30-20)11-27(12-29-19)10-15-3-4-16(25)8-18(15)26/h3-9H,10-12H2,1-2H3/b20-9-. The summed E-state index contributed by atoms with van der Waals surface area (Å²) >= 11 is 14.0. The van der Waals surface area contributed by atoms with Crippen LogP contribution in [0.25, 0.3) is 6.08 Å². The van der Waals surface area contributed by atoms with Gasteiger partial charge in [-0.25, -0.2) is 0 Å². The van der Waals surface area contributed by atoms with Gasteiger partial charge in [-0.2, -0.15) is 0 Å². The molecule has 4 nitrogen and oxygen atoms in total. The molecule has 0 aliphatic carbocycles. The van der Waals surface area contributed by atoms with Crippen molar-refractivity contribution >= 4 is 46.4 Å². The predicted molar refractivity (Wildman–Crippen MR) is 124 cm³/mol. The molecule has 7 heteroatoms. The van der Waals surface area contributed by atoms with Gasteiger partial charge < -0.3 is 9.47 Å². The van der Waals surface area contributed by atoms with E-state index < -0.39 is 0 Å². The molecular formula is C24H19Cl2NO3S. The second kappa shape index (κ2) is 7.99. The highest BCUT2D eigenvalue weighted by Gasteiger charge is 2.35. The maximum Gasteiger partial charge on any atom is 0.232 e. The molecule has 2 aliphatic heterocycles. The largest absolute Gasteiger partial charge is 0.478 e. The van der Waals surface area contributed by atoms with Crippen molar-refractivity contribution in [2.75, 3.05) is 6.73 Å². The van der Waals surface area contributed by atoms with Crippen molar-refractivity contribution in [1.82, 2.24) is 4.90 Å². The Balaban J connectivity index is 1.47. The van der Waals surface area contributed by atoms with E-state index in [1.807, 2.05) is 49.6 Å². The van der Waals surface area contributed by atoms with Crippen LogP contribution < -0.4 is 9.47 Å². The van der Waals surface area contributed by atoms with E-state index in [1.165, 1.54) is 0 Å². The number of carbonyl (C=O) groups excluding carboxylic acids is 1. The van der Waals surface area contributed by atoms with Crippen LogP contribution in [0.2, 0.25) is 10.0 Å². The molecule has 0 amide bonds. The number of Topliss-reactive ketones (excluding diaryl/α,β-unsaturated/α-hetero) is 1. The summed E-state index contributed by atoms with van der Waals surface area (Å²) in [6, 6.07) is 9.45. The number of nitrogens with zero attached hydrogens (tertiary/aromatic N) is 1. The predicted octanol–water partition coefficient (Wildman–Crippen LogP) is 6.64. The molecule has 0 radical (unpaired) electrons. The van der Waals surface area contributed by atoms with E-state index in [9.17, 15) is 4.79 Å². The number of aryl methyl sites for hydroxylation is 2. The molecule has 0 fully saturated rings. The monoisotopic (exact) mass is 471 g/mol. The first-order valence-electron chi connectivity index (χ1n) is 9.84. The van der Waals surface area contributed by atoms with E-state index in [0.29, 0.717) is 46.9 Å². The number of ketones is 1. The van der Waals surface area contributed by atoms with Gasteiger partial charge in [0, 0.05) is 34.1 Å². The fourth-order valence-electron chi connectivity index (χ4n) is 3.92. The van der Waals surface area contributed by atoms with Crippen molar-refractivity contribution < 1.29 is 14.3 Å². The molecule has 1 aromatic heterocycles. The molecule has 5 rings (SSSR count). The highest BCUT2D eigenvalue weighted by atomic mass is 35.5. The van der Waals surface area contributed by atoms with Gasteiger partial charge in [-0.1, -0.05) is 29.3 Å². The SMILES string of the molecule is Cc1ccsc1/C=C1\Oc2c3c(cc(C)c2C1=O)OCN(Cc1ccc(Cl)cc1Cl)C3. The molecule has 3 heterocycles. The maximum absolute atomic E-state index is 13.1. The summed E-state index contributed by atoms with van der Waals surface area (Å²) in [6.07, 6.45) is 1.84. The lowest BCUT2D eigenvalue weighted by atomic mass is 9.98. The summed E-state index contributed by atoms with van der Waals surface area (Å²) in [6.45, 7) is 5.56. The third-order valence-corrected chi connectivity index (χ3v) is 7.11. The van der Waals surface area contributed by atoms with Crippen molar-refractivity contribution in [1.29, 1.82) is 0 Å². The van der Waals surface area contributed by atoms with E-state index in [4.69, 9.17) is 32.7 Å². The summed E-state index contributed by atoms with van der Waals surface area (Å²) in [5, 5.41) is 3.24. The zero-order valence-corrected chi connectivity index (χ0v) is 19.3. The van der Waals surface area contributed by atoms with Crippen LogP contribution in [0.15, 0.2) is 41.5 Å². The molecule has 2 aliphatic rings. The third kappa shape index (κ3) is 3.76. The number of hydrogen-bond donors (Lipinski definition) is 0. The summed E-state index contributed by atoms with van der Waals surface area (Å²) in [4.78, 5) is 16.3. The molecule has 0 unspecified atom stereocenters. The van der Waals surface area contributed by atoms with Crippen LogP contribution in [0.1, 0.15) is 37.5 Å². The van der Waals surface area contributed by atoms with Crippen LogP contribution in [0, 0.1) is 13.8 Å². The molecule has 0 atom stereocenters. The maximum atomic E-state index is 13.1. The van der Waals surface area contributed by atoms with Crippen LogP contribution >= 0.6 is 34.5 Å².